The zero-order valence-electron chi connectivity index (χ0n) is 9.64. The maximum absolute atomic E-state index is 10.6. The molecule has 18 heavy (non-hydrogen) atoms. The molecule has 1 aromatic carbocycles. The van der Waals surface area contributed by atoms with Crippen LogP contribution in [0.15, 0.2) is 42.6 Å². The minimum atomic E-state index is -0.491. The Labute approximate surface area is 110 Å². The second-order valence-electron chi connectivity index (χ2n) is 3.94. The van der Waals surface area contributed by atoms with Crippen LogP contribution in [0.5, 0.6) is 0 Å². The molecule has 0 aliphatic heterocycles. The van der Waals surface area contributed by atoms with E-state index >= 15 is 0 Å². The first-order valence-electron chi connectivity index (χ1n) is 5.54. The number of nitrogens with zero attached hydrogens (tertiary/aromatic N) is 3. The Hall–Kier alpha value is -1.82. The summed E-state index contributed by atoms with van der Waals surface area (Å²) in [5, 5.41) is 14.5. The number of hydrogen-bond acceptors (Lipinski definition) is 4. The first-order valence-corrected chi connectivity index (χ1v) is 6.17. The van der Waals surface area contributed by atoms with E-state index in [1.165, 1.54) is 6.07 Å². The number of nitro groups is 1. The van der Waals surface area contributed by atoms with Gasteiger partial charge < -0.3 is 10.1 Å². The van der Waals surface area contributed by atoms with Crippen LogP contribution in [0.2, 0.25) is 0 Å². The third kappa shape index (κ3) is 2.89. The molecule has 0 saturated heterocycles. The van der Waals surface area contributed by atoms with Gasteiger partial charge in [-0.1, -0.05) is 30.3 Å². The molecule has 2 aromatic rings. The Kier molecular flexibility index (Phi) is 3.99. The lowest BCUT2D eigenvalue weighted by molar-refractivity contribution is -0.389. The van der Waals surface area contributed by atoms with E-state index in [9.17, 15) is 10.1 Å². The maximum Gasteiger partial charge on any atom is 0.389 e. The van der Waals surface area contributed by atoms with Crippen molar-refractivity contribution in [2.45, 2.75) is 12.5 Å². The normalized spacial score (nSPS) is 12.3. The summed E-state index contributed by atoms with van der Waals surface area (Å²) < 4.78 is 1.59. The van der Waals surface area contributed by atoms with Crippen molar-refractivity contribution >= 4 is 18.4 Å². The van der Waals surface area contributed by atoms with Crippen LogP contribution in [0.3, 0.4) is 0 Å². The summed E-state index contributed by atoms with van der Waals surface area (Å²) in [6.45, 7) is 0.585. The fourth-order valence-electron chi connectivity index (χ4n) is 1.77. The fraction of sp³-hybridized carbons (Fsp3) is 0.250. The summed E-state index contributed by atoms with van der Waals surface area (Å²) in [4.78, 5) is 10.1. The molecule has 1 atom stereocenters. The third-order valence-electron chi connectivity index (χ3n) is 2.71. The molecule has 0 bridgehead atoms. The second kappa shape index (κ2) is 5.68. The van der Waals surface area contributed by atoms with E-state index in [4.69, 9.17) is 0 Å². The van der Waals surface area contributed by atoms with Crippen LogP contribution < -0.4 is 0 Å². The van der Waals surface area contributed by atoms with Gasteiger partial charge in [0.15, 0.2) is 0 Å². The molecule has 0 aliphatic rings. The van der Waals surface area contributed by atoms with Gasteiger partial charge in [-0.05, 0) is 16.2 Å². The molecule has 1 aromatic heterocycles. The van der Waals surface area contributed by atoms with Gasteiger partial charge in [-0.2, -0.15) is 17.3 Å². The molecule has 0 amide bonds. The Morgan fingerprint density at radius 1 is 1.33 bits per heavy atom. The van der Waals surface area contributed by atoms with Gasteiger partial charge in [0, 0.05) is 5.92 Å². The zero-order valence-corrected chi connectivity index (χ0v) is 10.5. The highest BCUT2D eigenvalue weighted by Crippen LogP contribution is 2.19. The molecule has 94 valence electrons. The predicted octanol–water partition coefficient (Wildman–Crippen LogP) is 2.50. The maximum atomic E-state index is 10.6. The van der Waals surface area contributed by atoms with Gasteiger partial charge in [0.1, 0.15) is 0 Å². The Balaban J connectivity index is 2.13. The third-order valence-corrected chi connectivity index (χ3v) is 3.15. The number of aromatic nitrogens is 2. The molecule has 0 spiro atoms. The highest BCUT2D eigenvalue weighted by atomic mass is 32.1. The van der Waals surface area contributed by atoms with Crippen molar-refractivity contribution in [3.05, 3.63) is 58.3 Å². The van der Waals surface area contributed by atoms with Gasteiger partial charge in [-0.3, -0.25) is 0 Å². The molecular weight excluding hydrogens is 250 g/mol. The topological polar surface area (TPSA) is 61.0 Å². The van der Waals surface area contributed by atoms with Gasteiger partial charge >= 0.3 is 5.82 Å². The summed E-state index contributed by atoms with van der Waals surface area (Å²) >= 11 is 4.33. The molecule has 0 fully saturated rings. The Morgan fingerprint density at radius 2 is 2.06 bits per heavy atom. The van der Waals surface area contributed by atoms with Crippen molar-refractivity contribution in [2.75, 3.05) is 5.75 Å². The lowest BCUT2D eigenvalue weighted by atomic mass is 10.0. The first kappa shape index (κ1) is 12.6. The van der Waals surface area contributed by atoms with Crippen LogP contribution in [-0.4, -0.2) is 20.5 Å². The van der Waals surface area contributed by atoms with Crippen molar-refractivity contribution < 1.29 is 4.92 Å². The lowest BCUT2D eigenvalue weighted by Crippen LogP contribution is -2.11. The summed E-state index contributed by atoms with van der Waals surface area (Å²) in [5.74, 6) is 0.729. The molecule has 1 unspecified atom stereocenters. The number of hydrogen-bond donors (Lipinski definition) is 1. The van der Waals surface area contributed by atoms with Crippen molar-refractivity contribution in [1.29, 1.82) is 0 Å². The van der Waals surface area contributed by atoms with E-state index in [0.717, 1.165) is 5.56 Å². The molecule has 0 N–H and O–H groups in total. The van der Waals surface area contributed by atoms with Crippen molar-refractivity contribution in [3.63, 3.8) is 0 Å². The lowest BCUT2D eigenvalue weighted by Gasteiger charge is -2.12. The van der Waals surface area contributed by atoms with Gasteiger partial charge in [-0.25, -0.2) is 0 Å². The first-order chi connectivity index (χ1) is 8.70. The molecule has 1 heterocycles. The summed E-state index contributed by atoms with van der Waals surface area (Å²) in [6, 6.07) is 11.4. The summed E-state index contributed by atoms with van der Waals surface area (Å²) in [7, 11) is 0. The highest BCUT2D eigenvalue weighted by molar-refractivity contribution is 7.80. The van der Waals surface area contributed by atoms with E-state index in [0.29, 0.717) is 12.3 Å². The van der Waals surface area contributed by atoms with Crippen LogP contribution in [-0.2, 0) is 6.54 Å². The number of rotatable bonds is 5. The highest BCUT2D eigenvalue weighted by Gasteiger charge is 2.15. The van der Waals surface area contributed by atoms with Crippen LogP contribution in [0, 0.1) is 10.1 Å². The molecule has 0 saturated carbocycles. The molecule has 0 aliphatic carbocycles. The standard InChI is InChI=1S/C12H13N3O2S/c16-15(17)12-6-7-14(13-12)8-11(9-18)10-4-2-1-3-5-10/h1-7,11,18H,8-9H2. The van der Waals surface area contributed by atoms with Crippen LogP contribution >= 0.6 is 12.6 Å². The van der Waals surface area contributed by atoms with E-state index in [1.807, 2.05) is 30.3 Å². The minimum absolute atomic E-state index is 0.124. The van der Waals surface area contributed by atoms with Crippen LogP contribution in [0.25, 0.3) is 0 Å². The average molecular weight is 263 g/mol. The SMILES string of the molecule is O=[N+]([O-])c1ccn(CC(CS)c2ccccc2)n1. The largest absolute Gasteiger partial charge is 0.389 e. The van der Waals surface area contributed by atoms with E-state index in [-0.39, 0.29) is 11.7 Å². The van der Waals surface area contributed by atoms with Gasteiger partial charge in [-0.15, -0.1) is 0 Å². The quantitative estimate of drug-likeness (QED) is 0.512. The molecular formula is C12H13N3O2S. The minimum Gasteiger partial charge on any atom is -0.358 e. The zero-order chi connectivity index (χ0) is 13.0. The molecule has 5 nitrogen and oxygen atoms in total. The van der Waals surface area contributed by atoms with Gasteiger partial charge in [0.25, 0.3) is 0 Å². The number of thiol groups is 1. The van der Waals surface area contributed by atoms with Crippen LogP contribution in [0.1, 0.15) is 11.5 Å². The van der Waals surface area contributed by atoms with Crippen molar-refractivity contribution in [2.24, 2.45) is 0 Å². The summed E-state index contributed by atoms with van der Waals surface area (Å²) in [5.41, 5.74) is 1.16. The van der Waals surface area contributed by atoms with Crippen LogP contribution in [0.4, 0.5) is 5.82 Å². The van der Waals surface area contributed by atoms with Crippen molar-refractivity contribution in [1.82, 2.24) is 9.78 Å². The van der Waals surface area contributed by atoms with E-state index in [2.05, 4.69) is 17.7 Å². The van der Waals surface area contributed by atoms with E-state index in [1.54, 1.807) is 10.9 Å². The average Bonchev–Trinajstić information content (AvgIpc) is 2.86. The molecule has 2 rings (SSSR count). The fourth-order valence-corrected chi connectivity index (χ4v) is 2.10. The van der Waals surface area contributed by atoms with E-state index < -0.39 is 4.92 Å². The number of benzene rings is 1. The molecule has 6 heteroatoms. The predicted molar refractivity (Wildman–Crippen MR) is 71.9 cm³/mol. The summed E-state index contributed by atoms with van der Waals surface area (Å²) in [6.07, 6.45) is 1.62. The molecule has 0 radical (unpaired) electrons. The van der Waals surface area contributed by atoms with Gasteiger partial charge in [0.05, 0.1) is 23.9 Å². The Bertz CT molecular complexity index is 527. The smallest absolute Gasteiger partial charge is 0.358 e. The monoisotopic (exact) mass is 263 g/mol. The second-order valence-corrected chi connectivity index (χ2v) is 4.31. The van der Waals surface area contributed by atoms with Crippen molar-refractivity contribution in [3.8, 4) is 0 Å². The van der Waals surface area contributed by atoms with Gasteiger partial charge in [0.2, 0.25) is 0 Å². The Morgan fingerprint density at radius 3 is 2.61 bits per heavy atom.